The Morgan fingerprint density at radius 3 is 1.05 bits per heavy atom. The van der Waals surface area contributed by atoms with Crippen LogP contribution in [0.4, 0.5) is 0 Å². The molecule has 592 valence electrons. The summed E-state index contributed by atoms with van der Waals surface area (Å²) in [6.07, 6.45) is 1.63. The second-order valence-electron chi connectivity index (χ2n) is 30.3. The van der Waals surface area contributed by atoms with E-state index in [0.29, 0.717) is 39.9 Å². The summed E-state index contributed by atoms with van der Waals surface area (Å²) in [6, 6.07) is 159. The van der Waals surface area contributed by atoms with E-state index in [9.17, 15) is 0 Å². The second-order valence-corrected chi connectivity index (χ2v) is 32.4. The zero-order chi connectivity index (χ0) is 88.1. The molecule has 0 fully saturated rings. The SMILES string of the molecule is [2H]C([2H])([2H])c1c[c-]c(-c2[c-]cccc2)cc1.[2H]C([2H])([2H])c1cc(-c2[c-]cccc2)ncc1-c1ccccc1.[Ir+3].c1ccc(-c2ccc(-c3cccc4c3sc3c(-c5cccc(-c6nc(-c7ccccc7)nc(-c7ccccc7)n6)c5)cccc34)cc2)cc1.c1ccc(-c2cccc3c2sc2c(-c4cccc(-c5ccc6c7ccccc7c7ccccc7c6c5)c4)cccc23)cc1. The van der Waals surface area contributed by atoms with Gasteiger partial charge in [0, 0.05) is 77.0 Å². The summed E-state index contributed by atoms with van der Waals surface area (Å²) >= 11 is 3.78. The zero-order valence-electron chi connectivity index (χ0n) is 73.6. The van der Waals surface area contributed by atoms with Gasteiger partial charge in [0.25, 0.3) is 0 Å². The molecule has 23 aromatic rings. The normalized spacial score (nSPS) is 12.0. The summed E-state index contributed by atoms with van der Waals surface area (Å²) in [5, 5.41) is 13.0. The van der Waals surface area contributed by atoms with Crippen molar-refractivity contribution < 1.29 is 28.3 Å². The Kier molecular flexibility index (Phi) is 21.3. The number of aromatic nitrogens is 4. The van der Waals surface area contributed by atoms with Crippen molar-refractivity contribution in [1.29, 1.82) is 0 Å². The molecule has 0 unspecified atom stereocenters. The average Bonchev–Trinajstić information content (AvgIpc) is 1.65. The van der Waals surface area contributed by atoms with Crippen LogP contribution in [0.3, 0.4) is 0 Å². The number of pyridine rings is 1. The molecule has 4 heterocycles. The molecule has 4 nitrogen and oxygen atoms in total. The Morgan fingerprint density at radius 2 is 0.576 bits per heavy atom. The van der Waals surface area contributed by atoms with Crippen LogP contribution in [0.1, 0.15) is 19.4 Å². The van der Waals surface area contributed by atoms with Gasteiger partial charge in [-0.25, -0.2) is 26.1 Å². The third-order valence-electron chi connectivity index (χ3n) is 22.6. The van der Waals surface area contributed by atoms with Gasteiger partial charge in [0.15, 0.2) is 17.5 Å². The average molecular weight is 1820 g/mol. The van der Waals surface area contributed by atoms with Crippen LogP contribution in [0.25, 0.3) is 207 Å². The van der Waals surface area contributed by atoms with E-state index in [1.165, 1.54) is 140 Å². The van der Waals surface area contributed by atoms with Gasteiger partial charge in [-0.1, -0.05) is 359 Å². The fraction of sp³-hybridized carbons (Fsp3) is 0.0169. The van der Waals surface area contributed by atoms with Crippen LogP contribution in [0, 0.1) is 31.9 Å². The molecular formula is C118H79IrN4S2. The van der Waals surface area contributed by atoms with Crippen molar-refractivity contribution in [3.63, 3.8) is 0 Å². The molecule has 0 saturated carbocycles. The van der Waals surface area contributed by atoms with Gasteiger partial charge < -0.3 is 4.98 Å². The van der Waals surface area contributed by atoms with Crippen molar-refractivity contribution >= 4 is 95.3 Å². The predicted octanol–water partition coefficient (Wildman–Crippen LogP) is 32.5. The van der Waals surface area contributed by atoms with Crippen molar-refractivity contribution in [1.82, 2.24) is 19.9 Å². The van der Waals surface area contributed by atoms with E-state index in [-0.39, 0.29) is 20.1 Å². The van der Waals surface area contributed by atoms with Crippen LogP contribution in [0.5, 0.6) is 0 Å². The van der Waals surface area contributed by atoms with Crippen molar-refractivity contribution in [3.8, 4) is 134 Å². The number of rotatable bonds is 12. The minimum absolute atomic E-state index is 0. The summed E-state index contributed by atoms with van der Waals surface area (Å²) < 4.78 is 50.5. The van der Waals surface area contributed by atoms with E-state index in [1.807, 2.05) is 156 Å². The first-order valence-corrected chi connectivity index (χ1v) is 42.9. The number of nitrogens with zero attached hydrogens (tertiary/aromatic N) is 4. The smallest absolute Gasteiger partial charge is 0.304 e. The molecular weight excluding hydrogens is 1730 g/mol. The maximum absolute atomic E-state index is 7.82. The van der Waals surface area contributed by atoms with Gasteiger partial charge in [-0.2, -0.15) is 48.5 Å². The number of aryl methyl sites for hydroxylation is 2. The number of hydrogen-bond acceptors (Lipinski definition) is 6. The number of thiophene rings is 2. The fourth-order valence-corrected chi connectivity index (χ4v) is 19.3. The van der Waals surface area contributed by atoms with Crippen LogP contribution >= 0.6 is 22.7 Å². The molecule has 0 aliphatic carbocycles. The number of hydrogen-bond donors (Lipinski definition) is 0. The molecule has 0 bridgehead atoms. The first-order valence-electron chi connectivity index (χ1n) is 44.3. The third-order valence-corrected chi connectivity index (χ3v) is 25.2. The Bertz CT molecular complexity index is 7930. The monoisotopic (exact) mass is 1810 g/mol. The molecule has 7 heteroatoms. The van der Waals surface area contributed by atoms with E-state index in [1.54, 1.807) is 30.5 Å². The molecule has 0 aliphatic rings. The molecule has 0 atom stereocenters. The first kappa shape index (κ1) is 73.0. The zero-order valence-corrected chi connectivity index (χ0v) is 71.6. The summed E-state index contributed by atoms with van der Waals surface area (Å²) in [6.45, 7) is -4.26. The molecule has 0 spiro atoms. The van der Waals surface area contributed by atoms with Gasteiger partial charge in [-0.15, -0.1) is 70.2 Å². The van der Waals surface area contributed by atoms with E-state index in [2.05, 4.69) is 296 Å². The first-order chi connectivity index (χ1) is 63.7. The standard InChI is InChI=1S/C45H29N3S.C42H26S.C18H14N.C13H10.Ir/c1-4-13-30(14-5-1)31-25-27-32(28-26-31)37-21-11-23-39-40-24-12-22-38(42(40)49-41(37)39)35-19-10-20-36(29-35)45-47-43(33-15-6-2-7-16-33)46-44(48-45)34-17-8-3-9-18-34;1-2-11-27(12-3-1)31-19-9-21-38-39-22-10-20-32(42(39)43-41(31)38)30-14-8-13-28(25-30)29-23-24-37-35-17-5-4-15-33(35)34-16-6-7-18-36(34)40(37)26-29;1-14-12-18(16-10-6-3-7-11-16)19-13-17(14)15-8-4-2-5-9-15;1-11-7-9-13(10-8-11)12-5-3-2-4-6-12;/h1-29H;1-26H;2-10,12-13H,1H3;2-5,7-9H,1H3;/q;;-1;-2;+3/i;;2*1D3;. The minimum Gasteiger partial charge on any atom is -0.304 e. The summed E-state index contributed by atoms with van der Waals surface area (Å²) in [5.41, 5.74) is 23.0. The van der Waals surface area contributed by atoms with Crippen LogP contribution in [-0.2, 0) is 20.1 Å². The maximum atomic E-state index is 7.82. The van der Waals surface area contributed by atoms with Gasteiger partial charge in [0.2, 0.25) is 0 Å². The minimum atomic E-state index is -2.20. The summed E-state index contributed by atoms with van der Waals surface area (Å²) in [7, 11) is 0. The molecule has 4 aromatic heterocycles. The van der Waals surface area contributed by atoms with Crippen molar-refractivity contribution in [2.24, 2.45) is 0 Å². The van der Waals surface area contributed by atoms with Crippen LogP contribution in [0.2, 0.25) is 0 Å². The van der Waals surface area contributed by atoms with Gasteiger partial charge in [-0.3, -0.25) is 0 Å². The molecule has 23 rings (SSSR count). The van der Waals surface area contributed by atoms with Crippen LogP contribution < -0.4 is 0 Å². The second kappa shape index (κ2) is 36.5. The Balaban J connectivity index is 0.000000122. The Morgan fingerprint density at radius 1 is 0.232 bits per heavy atom. The molecule has 0 radical (unpaired) electrons. The van der Waals surface area contributed by atoms with Crippen LogP contribution in [0.15, 0.2) is 443 Å². The van der Waals surface area contributed by atoms with E-state index in [4.69, 9.17) is 23.2 Å². The fourth-order valence-electron chi connectivity index (χ4n) is 16.5. The molecule has 19 aromatic carbocycles. The van der Waals surface area contributed by atoms with Crippen molar-refractivity contribution in [3.05, 3.63) is 472 Å². The molecule has 125 heavy (non-hydrogen) atoms. The van der Waals surface area contributed by atoms with E-state index < -0.39 is 13.7 Å². The Labute approximate surface area is 758 Å². The van der Waals surface area contributed by atoms with Gasteiger partial charge in [0.05, 0.1) is 0 Å². The largest absolute Gasteiger partial charge is 3.00 e. The van der Waals surface area contributed by atoms with Crippen molar-refractivity contribution in [2.45, 2.75) is 13.7 Å². The van der Waals surface area contributed by atoms with Gasteiger partial charge in [0.1, 0.15) is 0 Å². The van der Waals surface area contributed by atoms with Crippen molar-refractivity contribution in [2.75, 3.05) is 0 Å². The van der Waals surface area contributed by atoms with E-state index >= 15 is 0 Å². The Hall–Kier alpha value is -14.8. The molecule has 0 saturated heterocycles. The third kappa shape index (κ3) is 16.8. The predicted molar refractivity (Wildman–Crippen MR) is 526 cm³/mol. The van der Waals surface area contributed by atoms with Gasteiger partial charge in [-0.05, 0) is 141 Å². The quantitative estimate of drug-likeness (QED) is 0.0903. The summed E-state index contributed by atoms with van der Waals surface area (Å²) in [4.78, 5) is 19.3. The molecule has 0 amide bonds. The van der Waals surface area contributed by atoms with Gasteiger partial charge >= 0.3 is 20.1 Å². The number of benzene rings is 19. The summed E-state index contributed by atoms with van der Waals surface area (Å²) in [5.74, 6) is 1.97. The maximum Gasteiger partial charge on any atom is 3.00 e. The van der Waals surface area contributed by atoms with E-state index in [0.717, 1.165) is 44.5 Å². The molecule has 0 N–H and O–H groups in total. The molecule has 0 aliphatic heterocycles. The topological polar surface area (TPSA) is 51.6 Å². The number of fused-ring (bicyclic) bond motifs is 12. The van der Waals surface area contributed by atoms with Crippen LogP contribution in [-0.4, -0.2) is 19.9 Å².